The minimum atomic E-state index is -2.96. The molecule has 15 heteroatoms. The van der Waals surface area contributed by atoms with Gasteiger partial charge >= 0.3 is 6.55 Å². The molecule has 5 aromatic rings. The summed E-state index contributed by atoms with van der Waals surface area (Å²) in [7, 11) is 0. The van der Waals surface area contributed by atoms with Crippen molar-refractivity contribution in [1.82, 2.24) is 39.3 Å². The van der Waals surface area contributed by atoms with E-state index >= 15 is 0 Å². The number of fused-ring (bicyclic) bond motifs is 4. The van der Waals surface area contributed by atoms with E-state index in [1.807, 2.05) is 0 Å². The van der Waals surface area contributed by atoms with Gasteiger partial charge in [-0.05, 0) is 48.7 Å². The summed E-state index contributed by atoms with van der Waals surface area (Å²) >= 11 is 12.3. The molecule has 220 valence electrons. The van der Waals surface area contributed by atoms with E-state index in [1.54, 1.807) is 37.3 Å². The Morgan fingerprint density at radius 1 is 1.05 bits per heavy atom. The fourth-order valence-corrected chi connectivity index (χ4v) is 5.48. The van der Waals surface area contributed by atoms with Gasteiger partial charge < -0.3 is 5.32 Å². The third-order valence-corrected chi connectivity index (χ3v) is 7.74. The Labute approximate surface area is 253 Å². The molecule has 0 unspecified atom stereocenters. The number of nitrogens with one attached hydrogen (secondary N) is 1. The maximum Gasteiger partial charge on any atom is 0.333 e. The highest BCUT2D eigenvalue weighted by Crippen LogP contribution is 2.35. The number of amides is 1. The second kappa shape index (κ2) is 11.7. The monoisotopic (exact) mass is 625 g/mol. The molecule has 0 radical (unpaired) electrons. The van der Waals surface area contributed by atoms with Crippen LogP contribution in [0.15, 0.2) is 66.1 Å². The van der Waals surface area contributed by atoms with Gasteiger partial charge in [0.05, 0.1) is 47.5 Å². The fraction of sp³-hybridized carbons (Fsp3) is 0.250. The number of benzene rings is 1. The zero-order valence-electron chi connectivity index (χ0n) is 22.5. The van der Waals surface area contributed by atoms with E-state index in [2.05, 4.69) is 30.7 Å². The normalized spacial score (nSPS) is 17.2. The summed E-state index contributed by atoms with van der Waals surface area (Å²) in [5, 5.41) is 15.0. The minimum absolute atomic E-state index is 0.0285. The average Bonchev–Trinajstić information content (AvgIpc) is 3.61. The van der Waals surface area contributed by atoms with Crippen molar-refractivity contribution in [3.8, 4) is 28.3 Å². The fourth-order valence-electron chi connectivity index (χ4n) is 5.18. The van der Waals surface area contributed by atoms with Crippen molar-refractivity contribution in [1.29, 1.82) is 0 Å². The molecular formula is C28H23Cl2F2N9O2. The zero-order valence-corrected chi connectivity index (χ0v) is 24.0. The van der Waals surface area contributed by atoms with E-state index in [4.69, 9.17) is 23.2 Å². The molecule has 0 spiro atoms. The van der Waals surface area contributed by atoms with Crippen LogP contribution in [0, 0.1) is 5.92 Å². The van der Waals surface area contributed by atoms with Crippen LogP contribution >= 0.6 is 23.2 Å². The lowest BCUT2D eigenvalue weighted by molar-refractivity contribution is -0.119. The largest absolute Gasteiger partial charge is 0.333 e. The standard InChI is InChI=1S/C28H23Cl2F2N9O2/c1-15-3-2-4-22(16-7-8-33-20(9-16)26-21(36-27(15)43)12-35-41(26)28(31)32)39-14-34-19(11-25(39)42)18-10-17(29)5-6-23(18)40-13-24(30)37-38-40/h5-15,22,28H,2-4H2,1H3,(H,36,43)/t15-,22+/m1/s1. The number of hydrogen-bond donors (Lipinski definition) is 1. The Morgan fingerprint density at radius 3 is 2.63 bits per heavy atom. The molecule has 6 rings (SSSR count). The molecule has 1 aliphatic rings. The Hall–Kier alpha value is -4.49. The van der Waals surface area contributed by atoms with Crippen LogP contribution in [0.4, 0.5) is 14.5 Å². The van der Waals surface area contributed by atoms with Crippen molar-refractivity contribution in [2.24, 2.45) is 5.92 Å². The van der Waals surface area contributed by atoms with Gasteiger partial charge in [0.2, 0.25) is 5.91 Å². The highest BCUT2D eigenvalue weighted by Gasteiger charge is 2.26. The summed E-state index contributed by atoms with van der Waals surface area (Å²) in [6.45, 7) is -1.20. The lowest BCUT2D eigenvalue weighted by atomic mass is 9.95. The highest BCUT2D eigenvalue weighted by atomic mass is 35.5. The van der Waals surface area contributed by atoms with Gasteiger partial charge in [-0.15, -0.1) is 5.10 Å². The van der Waals surface area contributed by atoms with Crippen LogP contribution in [-0.2, 0) is 4.79 Å². The molecule has 43 heavy (non-hydrogen) atoms. The van der Waals surface area contributed by atoms with Crippen molar-refractivity contribution < 1.29 is 13.6 Å². The third-order valence-electron chi connectivity index (χ3n) is 7.33. The molecule has 4 aromatic heterocycles. The summed E-state index contributed by atoms with van der Waals surface area (Å²) in [6.07, 6.45) is 7.21. The number of nitrogens with zero attached hydrogens (tertiary/aromatic N) is 8. The first-order valence-electron chi connectivity index (χ1n) is 13.3. The number of hydrogen-bond acceptors (Lipinski definition) is 7. The third kappa shape index (κ3) is 5.65. The molecule has 0 saturated heterocycles. The van der Waals surface area contributed by atoms with E-state index in [0.717, 1.165) is 0 Å². The number of carbonyl (C=O) groups excluding carboxylic acids is 1. The summed E-state index contributed by atoms with van der Waals surface area (Å²) in [6, 6.07) is 9.29. The Bertz CT molecular complexity index is 1890. The van der Waals surface area contributed by atoms with Gasteiger partial charge in [0.15, 0.2) is 5.15 Å². The Morgan fingerprint density at radius 2 is 1.88 bits per heavy atom. The van der Waals surface area contributed by atoms with Gasteiger partial charge in [0.1, 0.15) is 5.69 Å². The van der Waals surface area contributed by atoms with E-state index in [9.17, 15) is 18.4 Å². The molecule has 0 saturated carbocycles. The molecule has 1 aromatic carbocycles. The Balaban J connectivity index is 1.45. The maximum absolute atomic E-state index is 13.9. The number of rotatable bonds is 4. The minimum Gasteiger partial charge on any atom is -0.323 e. The summed E-state index contributed by atoms with van der Waals surface area (Å²) in [5.41, 5.74) is 2.04. The van der Waals surface area contributed by atoms with E-state index in [0.29, 0.717) is 51.5 Å². The van der Waals surface area contributed by atoms with Gasteiger partial charge in [-0.25, -0.2) is 9.67 Å². The van der Waals surface area contributed by atoms with Crippen LogP contribution < -0.4 is 10.9 Å². The molecule has 1 aliphatic heterocycles. The predicted molar refractivity (Wildman–Crippen MR) is 155 cm³/mol. The van der Waals surface area contributed by atoms with Crippen molar-refractivity contribution in [2.45, 2.75) is 38.8 Å². The second-order valence-electron chi connectivity index (χ2n) is 10.1. The van der Waals surface area contributed by atoms with Gasteiger partial charge in [-0.1, -0.05) is 41.8 Å². The Kier molecular flexibility index (Phi) is 7.75. The van der Waals surface area contributed by atoms with Gasteiger partial charge in [0.25, 0.3) is 5.56 Å². The number of halogens is 4. The number of aromatic nitrogens is 8. The molecule has 1 amide bonds. The lowest BCUT2D eigenvalue weighted by Gasteiger charge is -2.23. The number of pyridine rings is 1. The topological polar surface area (TPSA) is 125 Å². The van der Waals surface area contributed by atoms with E-state index < -0.39 is 18.5 Å². The van der Waals surface area contributed by atoms with Crippen molar-refractivity contribution in [2.75, 3.05) is 5.32 Å². The molecule has 0 aliphatic carbocycles. The van der Waals surface area contributed by atoms with Crippen LogP contribution in [0.1, 0.15) is 44.3 Å². The first-order chi connectivity index (χ1) is 20.7. The van der Waals surface area contributed by atoms with E-state index in [-0.39, 0.29) is 33.7 Å². The average molecular weight is 626 g/mol. The molecule has 1 N–H and O–H groups in total. The van der Waals surface area contributed by atoms with Crippen molar-refractivity contribution in [3.63, 3.8) is 0 Å². The summed E-state index contributed by atoms with van der Waals surface area (Å²) in [4.78, 5) is 35.5. The predicted octanol–water partition coefficient (Wildman–Crippen LogP) is 5.80. The highest BCUT2D eigenvalue weighted by molar-refractivity contribution is 6.31. The van der Waals surface area contributed by atoms with Gasteiger partial charge in [-0.3, -0.25) is 19.1 Å². The number of anilines is 1. The zero-order chi connectivity index (χ0) is 30.2. The van der Waals surface area contributed by atoms with Crippen LogP contribution in [0.3, 0.4) is 0 Å². The molecular weight excluding hydrogens is 603 g/mol. The van der Waals surface area contributed by atoms with Gasteiger partial charge in [-0.2, -0.15) is 18.6 Å². The first kappa shape index (κ1) is 28.6. The molecule has 2 bridgehead atoms. The molecule has 11 nitrogen and oxygen atoms in total. The van der Waals surface area contributed by atoms with Crippen molar-refractivity contribution in [3.05, 3.63) is 87.4 Å². The number of alkyl halides is 2. The van der Waals surface area contributed by atoms with Crippen LogP contribution in [0.2, 0.25) is 10.2 Å². The molecule has 5 heterocycles. The first-order valence-corrected chi connectivity index (χ1v) is 14.0. The molecule has 2 atom stereocenters. The second-order valence-corrected chi connectivity index (χ2v) is 10.9. The quantitative estimate of drug-likeness (QED) is 0.267. The van der Waals surface area contributed by atoms with Crippen molar-refractivity contribution >= 4 is 34.8 Å². The lowest BCUT2D eigenvalue weighted by Crippen LogP contribution is -2.26. The van der Waals surface area contributed by atoms with Crippen LogP contribution in [0.25, 0.3) is 28.3 Å². The smallest absolute Gasteiger partial charge is 0.323 e. The van der Waals surface area contributed by atoms with E-state index in [1.165, 1.54) is 40.2 Å². The SMILES string of the molecule is C[C@@H]1CCC[C@H](n2cnc(-c3cc(Cl)ccc3-n3cc(Cl)nn3)cc2=O)c2ccnc(c2)-c2c(cnn2C(F)F)NC1=O. The van der Waals surface area contributed by atoms with Crippen LogP contribution in [0.5, 0.6) is 0 Å². The van der Waals surface area contributed by atoms with Gasteiger partial charge in [0, 0.05) is 28.8 Å². The van der Waals surface area contributed by atoms with Crippen LogP contribution in [-0.4, -0.2) is 45.2 Å². The maximum atomic E-state index is 13.9. The number of carbonyl (C=O) groups is 1. The summed E-state index contributed by atoms with van der Waals surface area (Å²) < 4.78 is 31.3. The molecule has 0 fully saturated rings. The summed E-state index contributed by atoms with van der Waals surface area (Å²) in [5.74, 6) is -0.740.